The van der Waals surface area contributed by atoms with E-state index in [1.165, 1.54) is 12.8 Å². The van der Waals surface area contributed by atoms with Gasteiger partial charge in [0.25, 0.3) is 0 Å². The maximum absolute atomic E-state index is 12.0. The first-order valence-electron chi connectivity index (χ1n) is 5.58. The van der Waals surface area contributed by atoms with E-state index in [2.05, 4.69) is 5.32 Å². The highest BCUT2D eigenvalue weighted by molar-refractivity contribution is 5.89. The number of ketones is 1. The van der Waals surface area contributed by atoms with E-state index in [0.717, 1.165) is 19.3 Å². The Morgan fingerprint density at radius 2 is 1.86 bits per heavy atom. The monoisotopic (exact) mass is 195 g/mol. The van der Waals surface area contributed by atoms with E-state index in [9.17, 15) is 9.59 Å². The molecule has 0 aromatic carbocycles. The third-order valence-corrected chi connectivity index (χ3v) is 3.41. The second-order valence-electron chi connectivity index (χ2n) is 4.42. The standard InChI is InChI=1S/C11H17NO2/c13-10-7-9(5-6-12-10)11(14)8-3-1-2-4-8/h8-9H,1-7H2,(H,12,13). The molecule has 0 spiro atoms. The summed E-state index contributed by atoms with van der Waals surface area (Å²) in [5.41, 5.74) is 0. The smallest absolute Gasteiger partial charge is 0.220 e. The van der Waals surface area contributed by atoms with Crippen LogP contribution in [0.25, 0.3) is 0 Å². The van der Waals surface area contributed by atoms with Crippen molar-refractivity contribution < 1.29 is 9.59 Å². The van der Waals surface area contributed by atoms with E-state index >= 15 is 0 Å². The topological polar surface area (TPSA) is 46.2 Å². The van der Waals surface area contributed by atoms with Gasteiger partial charge in [-0.1, -0.05) is 12.8 Å². The first kappa shape index (κ1) is 9.69. The minimum atomic E-state index is 0.0202. The lowest BCUT2D eigenvalue weighted by Gasteiger charge is -2.23. The van der Waals surface area contributed by atoms with E-state index in [4.69, 9.17) is 0 Å². The minimum Gasteiger partial charge on any atom is -0.356 e. The van der Waals surface area contributed by atoms with Gasteiger partial charge in [0.1, 0.15) is 5.78 Å². The van der Waals surface area contributed by atoms with E-state index in [-0.39, 0.29) is 17.7 Å². The Balaban J connectivity index is 1.92. The van der Waals surface area contributed by atoms with E-state index < -0.39 is 0 Å². The fraction of sp³-hybridized carbons (Fsp3) is 0.818. The van der Waals surface area contributed by atoms with Crippen molar-refractivity contribution in [2.24, 2.45) is 11.8 Å². The van der Waals surface area contributed by atoms with Gasteiger partial charge >= 0.3 is 0 Å². The Hall–Kier alpha value is -0.860. The maximum atomic E-state index is 12.0. The van der Waals surface area contributed by atoms with Crippen molar-refractivity contribution in [3.63, 3.8) is 0 Å². The molecule has 0 aromatic heterocycles. The molecular weight excluding hydrogens is 178 g/mol. The Bertz CT molecular complexity index is 244. The van der Waals surface area contributed by atoms with Crippen LogP contribution in [0, 0.1) is 11.8 Å². The Labute approximate surface area is 84.2 Å². The van der Waals surface area contributed by atoms with Crippen molar-refractivity contribution in [3.8, 4) is 0 Å². The molecule has 1 saturated heterocycles. The summed E-state index contributed by atoms with van der Waals surface area (Å²) >= 11 is 0. The molecule has 2 rings (SSSR count). The zero-order valence-corrected chi connectivity index (χ0v) is 8.42. The molecule has 14 heavy (non-hydrogen) atoms. The summed E-state index contributed by atoms with van der Waals surface area (Å²) < 4.78 is 0. The van der Waals surface area contributed by atoms with Crippen molar-refractivity contribution in [1.82, 2.24) is 5.32 Å². The lowest BCUT2D eigenvalue weighted by Crippen LogP contribution is -2.38. The van der Waals surface area contributed by atoms with Crippen LogP contribution in [0.3, 0.4) is 0 Å². The molecule has 78 valence electrons. The summed E-state index contributed by atoms with van der Waals surface area (Å²) in [6, 6.07) is 0. The van der Waals surface area contributed by atoms with Crippen LogP contribution in [-0.2, 0) is 9.59 Å². The van der Waals surface area contributed by atoms with Crippen LogP contribution in [0.15, 0.2) is 0 Å². The van der Waals surface area contributed by atoms with Crippen molar-refractivity contribution in [1.29, 1.82) is 0 Å². The van der Waals surface area contributed by atoms with Crippen LogP contribution >= 0.6 is 0 Å². The number of hydrogen-bond donors (Lipinski definition) is 1. The quantitative estimate of drug-likeness (QED) is 0.721. The molecular formula is C11H17NO2. The predicted octanol–water partition coefficient (Wildman–Crippen LogP) is 1.27. The van der Waals surface area contributed by atoms with Gasteiger partial charge in [-0.2, -0.15) is 0 Å². The van der Waals surface area contributed by atoms with Gasteiger partial charge < -0.3 is 5.32 Å². The summed E-state index contributed by atoms with van der Waals surface area (Å²) in [4.78, 5) is 23.1. The molecule has 1 aliphatic heterocycles. The van der Waals surface area contributed by atoms with Gasteiger partial charge in [-0.05, 0) is 19.3 Å². The Morgan fingerprint density at radius 3 is 2.50 bits per heavy atom. The molecule has 2 aliphatic rings. The van der Waals surface area contributed by atoms with Crippen molar-refractivity contribution in [2.45, 2.75) is 38.5 Å². The molecule has 1 heterocycles. The van der Waals surface area contributed by atoms with E-state index in [1.807, 2.05) is 0 Å². The molecule has 2 fully saturated rings. The van der Waals surface area contributed by atoms with Gasteiger partial charge in [0.15, 0.2) is 0 Å². The summed E-state index contributed by atoms with van der Waals surface area (Å²) in [5.74, 6) is 0.697. The predicted molar refractivity (Wildman–Crippen MR) is 52.7 cm³/mol. The van der Waals surface area contributed by atoms with Crippen molar-refractivity contribution >= 4 is 11.7 Å². The summed E-state index contributed by atoms with van der Waals surface area (Å²) in [5, 5.41) is 2.77. The molecule has 1 N–H and O–H groups in total. The highest BCUT2D eigenvalue weighted by atomic mass is 16.2. The third-order valence-electron chi connectivity index (χ3n) is 3.41. The fourth-order valence-electron chi connectivity index (χ4n) is 2.57. The summed E-state index contributed by atoms with van der Waals surface area (Å²) in [6.07, 6.45) is 5.76. The molecule has 3 heteroatoms. The third kappa shape index (κ3) is 1.97. The zero-order valence-electron chi connectivity index (χ0n) is 8.42. The molecule has 1 aliphatic carbocycles. The maximum Gasteiger partial charge on any atom is 0.220 e. The highest BCUT2D eigenvalue weighted by Gasteiger charge is 2.31. The molecule has 1 amide bonds. The average molecular weight is 195 g/mol. The minimum absolute atomic E-state index is 0.0202. The van der Waals surface area contributed by atoms with Gasteiger partial charge in [0, 0.05) is 24.8 Å². The first-order valence-corrected chi connectivity index (χ1v) is 5.58. The number of carbonyl (C=O) groups is 2. The summed E-state index contributed by atoms with van der Waals surface area (Å²) in [6.45, 7) is 0.682. The molecule has 0 bridgehead atoms. The Kier molecular flexibility index (Phi) is 2.85. The number of rotatable bonds is 2. The average Bonchev–Trinajstić information content (AvgIpc) is 2.69. The largest absolute Gasteiger partial charge is 0.356 e. The number of Topliss-reactive ketones (excluding diaryl/α,β-unsaturated/α-hetero) is 1. The van der Waals surface area contributed by atoms with Gasteiger partial charge in [0.05, 0.1) is 0 Å². The fourth-order valence-corrected chi connectivity index (χ4v) is 2.57. The second-order valence-corrected chi connectivity index (χ2v) is 4.42. The number of piperidine rings is 1. The van der Waals surface area contributed by atoms with Crippen molar-refractivity contribution in [3.05, 3.63) is 0 Å². The molecule has 0 radical (unpaired) electrons. The van der Waals surface area contributed by atoms with Gasteiger partial charge in [-0.15, -0.1) is 0 Å². The summed E-state index contributed by atoms with van der Waals surface area (Å²) in [7, 11) is 0. The molecule has 3 nitrogen and oxygen atoms in total. The number of hydrogen-bond acceptors (Lipinski definition) is 2. The normalized spacial score (nSPS) is 28.9. The molecule has 1 unspecified atom stereocenters. The first-order chi connectivity index (χ1) is 6.77. The van der Waals surface area contributed by atoms with E-state index in [0.29, 0.717) is 18.7 Å². The van der Waals surface area contributed by atoms with Crippen molar-refractivity contribution in [2.75, 3.05) is 6.54 Å². The van der Waals surface area contributed by atoms with Crippen LogP contribution in [0.5, 0.6) is 0 Å². The highest BCUT2D eigenvalue weighted by Crippen LogP contribution is 2.30. The number of nitrogens with one attached hydrogen (secondary N) is 1. The van der Waals surface area contributed by atoms with Crippen LogP contribution in [0.1, 0.15) is 38.5 Å². The van der Waals surface area contributed by atoms with Gasteiger partial charge in [0.2, 0.25) is 5.91 Å². The van der Waals surface area contributed by atoms with Crippen LogP contribution in [0.4, 0.5) is 0 Å². The van der Waals surface area contributed by atoms with Crippen LogP contribution < -0.4 is 5.32 Å². The Morgan fingerprint density at radius 1 is 1.14 bits per heavy atom. The second kappa shape index (κ2) is 4.11. The molecule has 1 atom stereocenters. The van der Waals surface area contributed by atoms with Gasteiger partial charge in [-0.3, -0.25) is 9.59 Å². The lowest BCUT2D eigenvalue weighted by molar-refractivity contribution is -0.133. The molecule has 0 aromatic rings. The van der Waals surface area contributed by atoms with Crippen LogP contribution in [0.2, 0.25) is 0 Å². The van der Waals surface area contributed by atoms with Crippen LogP contribution in [-0.4, -0.2) is 18.2 Å². The lowest BCUT2D eigenvalue weighted by atomic mass is 9.85. The zero-order chi connectivity index (χ0) is 9.97. The SMILES string of the molecule is O=C1CC(C(=O)C2CCCC2)CCN1. The number of amides is 1. The number of carbonyl (C=O) groups excluding carboxylic acids is 2. The van der Waals surface area contributed by atoms with Gasteiger partial charge in [-0.25, -0.2) is 0 Å². The molecule has 1 saturated carbocycles. The van der Waals surface area contributed by atoms with E-state index in [1.54, 1.807) is 0 Å².